The molecule has 2 aromatic heterocycles. The average Bonchev–Trinajstić information content (AvgIpc) is 3.13. The molecule has 0 amide bonds. The van der Waals surface area contributed by atoms with Crippen molar-refractivity contribution in [3.05, 3.63) is 45.1 Å². The van der Waals surface area contributed by atoms with Gasteiger partial charge in [0.1, 0.15) is 22.4 Å². The Bertz CT molecular complexity index is 746. The first-order valence-corrected chi connectivity index (χ1v) is 8.61. The molecule has 0 aliphatic heterocycles. The van der Waals surface area contributed by atoms with Gasteiger partial charge in [-0.25, -0.2) is 4.98 Å². The van der Waals surface area contributed by atoms with Crippen LogP contribution in [0.4, 0.5) is 0 Å². The lowest BCUT2D eigenvalue weighted by atomic mass is 10.3. The summed E-state index contributed by atoms with van der Waals surface area (Å²) in [6, 6.07) is 7.13. The molecule has 114 valence electrons. The normalized spacial score (nSPS) is 10.8. The molecule has 3 rings (SSSR count). The molecule has 0 saturated heterocycles. The van der Waals surface area contributed by atoms with Crippen molar-refractivity contribution in [1.82, 2.24) is 24.8 Å². The molecule has 0 radical (unpaired) electrons. The number of rotatable bonds is 6. The van der Waals surface area contributed by atoms with Crippen LogP contribution in [0.25, 0.3) is 0 Å². The van der Waals surface area contributed by atoms with Crippen LogP contribution in [-0.2, 0) is 12.4 Å². The second kappa shape index (κ2) is 7.28. The summed E-state index contributed by atoms with van der Waals surface area (Å²) in [5, 5.41) is 12.2. The molecule has 0 spiro atoms. The van der Waals surface area contributed by atoms with Crippen LogP contribution in [0, 0.1) is 0 Å². The number of aromatic amines is 1. The molecule has 10 heteroatoms. The zero-order valence-corrected chi connectivity index (χ0v) is 14.1. The minimum atomic E-state index is 0.300. The lowest BCUT2D eigenvalue weighted by molar-refractivity contribution is 0.296. The molecule has 1 N–H and O–H groups in total. The van der Waals surface area contributed by atoms with Crippen molar-refractivity contribution in [1.29, 1.82) is 0 Å². The van der Waals surface area contributed by atoms with E-state index in [0.717, 1.165) is 23.0 Å². The van der Waals surface area contributed by atoms with Gasteiger partial charge in [-0.1, -0.05) is 39.5 Å². The van der Waals surface area contributed by atoms with Crippen molar-refractivity contribution in [2.75, 3.05) is 0 Å². The fourth-order valence-corrected chi connectivity index (χ4v) is 3.18. The summed E-state index contributed by atoms with van der Waals surface area (Å²) in [7, 11) is 0. The summed E-state index contributed by atoms with van der Waals surface area (Å²) < 4.78 is 9.96. The van der Waals surface area contributed by atoms with E-state index in [0.29, 0.717) is 32.7 Å². The van der Waals surface area contributed by atoms with E-state index < -0.39 is 0 Å². The van der Waals surface area contributed by atoms with Crippen molar-refractivity contribution in [2.45, 2.75) is 17.5 Å². The summed E-state index contributed by atoms with van der Waals surface area (Å²) in [5.41, 5.74) is 0.737. The molecule has 0 aliphatic carbocycles. The second-order valence-electron chi connectivity index (χ2n) is 4.09. The molecule has 0 saturated carbocycles. The van der Waals surface area contributed by atoms with Crippen LogP contribution in [0.15, 0.2) is 29.4 Å². The van der Waals surface area contributed by atoms with Gasteiger partial charge in [0.05, 0.1) is 0 Å². The van der Waals surface area contributed by atoms with Gasteiger partial charge in [0.2, 0.25) is 5.16 Å². The van der Waals surface area contributed by atoms with Crippen molar-refractivity contribution in [2.24, 2.45) is 0 Å². The predicted octanol–water partition coefficient (Wildman–Crippen LogP) is 3.83. The van der Waals surface area contributed by atoms with E-state index in [2.05, 4.69) is 24.8 Å². The molecule has 1 aromatic carbocycles. The second-order valence-corrected chi connectivity index (χ2v) is 6.82. The van der Waals surface area contributed by atoms with Crippen LogP contribution >= 0.6 is 46.5 Å². The number of hydrogen-bond acceptors (Lipinski definition) is 7. The van der Waals surface area contributed by atoms with E-state index in [-0.39, 0.29) is 0 Å². The number of aromatic nitrogens is 5. The van der Waals surface area contributed by atoms with Crippen molar-refractivity contribution >= 4 is 46.5 Å². The summed E-state index contributed by atoms with van der Waals surface area (Å²) in [6.07, 6.45) is 0. The highest BCUT2D eigenvalue weighted by molar-refractivity contribution is 7.98. The highest BCUT2D eigenvalue weighted by atomic mass is 35.5. The molecule has 0 bridgehead atoms. The monoisotopic (exact) mass is 373 g/mol. The maximum absolute atomic E-state index is 5.94. The number of halogens is 2. The molecule has 6 nitrogen and oxygen atoms in total. The Balaban J connectivity index is 1.52. The van der Waals surface area contributed by atoms with Crippen LogP contribution in [0.1, 0.15) is 11.5 Å². The highest BCUT2D eigenvalue weighted by Crippen LogP contribution is 2.25. The lowest BCUT2D eigenvalue weighted by Gasteiger charge is -2.03. The molecule has 0 atom stereocenters. The summed E-state index contributed by atoms with van der Waals surface area (Å²) in [5.74, 6) is 1.93. The Labute approximate surface area is 144 Å². The lowest BCUT2D eigenvalue weighted by Crippen LogP contribution is -1.97. The fourth-order valence-electron chi connectivity index (χ4n) is 1.51. The van der Waals surface area contributed by atoms with Crippen LogP contribution in [0.5, 0.6) is 5.75 Å². The zero-order valence-electron chi connectivity index (χ0n) is 11.0. The topological polar surface area (TPSA) is 76.6 Å². The Kier molecular flexibility index (Phi) is 5.14. The first-order valence-electron chi connectivity index (χ1n) is 6.10. The van der Waals surface area contributed by atoms with Crippen molar-refractivity contribution in [3.63, 3.8) is 0 Å². The van der Waals surface area contributed by atoms with Gasteiger partial charge in [-0.05, 0) is 24.3 Å². The average molecular weight is 374 g/mol. The molecule has 0 aliphatic rings. The van der Waals surface area contributed by atoms with Crippen LogP contribution in [0.3, 0.4) is 0 Å². The van der Waals surface area contributed by atoms with Crippen molar-refractivity contribution in [3.8, 4) is 5.75 Å². The van der Waals surface area contributed by atoms with Gasteiger partial charge in [-0.15, -0.1) is 10.2 Å². The summed E-state index contributed by atoms with van der Waals surface area (Å²) in [6.45, 7) is 0.300. The van der Waals surface area contributed by atoms with Gasteiger partial charge in [0.15, 0.2) is 5.82 Å². The van der Waals surface area contributed by atoms with Gasteiger partial charge in [0.25, 0.3) is 0 Å². The van der Waals surface area contributed by atoms with Gasteiger partial charge in [-0.2, -0.15) is 0 Å². The molecular formula is C12H9Cl2N5OS2. The highest BCUT2D eigenvalue weighted by Gasteiger charge is 2.09. The van der Waals surface area contributed by atoms with E-state index in [1.807, 2.05) is 0 Å². The Morgan fingerprint density at radius 1 is 1.23 bits per heavy atom. The largest absolute Gasteiger partial charge is 0.486 e. The maximum atomic E-state index is 5.94. The number of benzene rings is 1. The Hall–Kier alpha value is -1.35. The number of nitrogens with one attached hydrogen (secondary N) is 1. The third-order valence-electron chi connectivity index (χ3n) is 2.55. The number of ether oxygens (including phenoxy) is 1. The standard InChI is InChI=1S/C12H9Cl2N5OS2/c13-7-1-3-8(4-2-7)20-5-10-15-12(18-17-10)21-6-9-11(14)22-19-16-9/h1-4H,5-6H2,(H,15,17,18). The maximum Gasteiger partial charge on any atom is 0.208 e. The summed E-state index contributed by atoms with van der Waals surface area (Å²) in [4.78, 5) is 4.33. The van der Waals surface area contributed by atoms with Gasteiger partial charge >= 0.3 is 0 Å². The SMILES string of the molecule is Clc1ccc(OCc2nc(SCc3nnsc3Cl)n[nH]2)cc1. The van der Waals surface area contributed by atoms with E-state index in [4.69, 9.17) is 27.9 Å². The van der Waals surface area contributed by atoms with Gasteiger partial charge in [0, 0.05) is 22.3 Å². The van der Waals surface area contributed by atoms with Gasteiger partial charge in [-0.3, -0.25) is 5.10 Å². The molecule has 3 aromatic rings. The third kappa shape index (κ3) is 4.10. The number of thioether (sulfide) groups is 1. The number of hydrogen-bond donors (Lipinski definition) is 1. The minimum Gasteiger partial charge on any atom is -0.486 e. The third-order valence-corrected chi connectivity index (χ3v) is 4.64. The van der Waals surface area contributed by atoms with Crippen molar-refractivity contribution < 1.29 is 4.74 Å². The van der Waals surface area contributed by atoms with Gasteiger partial charge < -0.3 is 4.74 Å². The molecule has 22 heavy (non-hydrogen) atoms. The van der Waals surface area contributed by atoms with E-state index in [1.165, 1.54) is 11.8 Å². The minimum absolute atomic E-state index is 0.300. The number of nitrogens with zero attached hydrogens (tertiary/aromatic N) is 4. The summed E-state index contributed by atoms with van der Waals surface area (Å²) >= 11 is 14.4. The van der Waals surface area contributed by atoms with E-state index >= 15 is 0 Å². The van der Waals surface area contributed by atoms with Crippen LogP contribution in [-0.4, -0.2) is 24.8 Å². The molecule has 0 fully saturated rings. The first-order chi connectivity index (χ1) is 10.7. The smallest absolute Gasteiger partial charge is 0.208 e. The quantitative estimate of drug-likeness (QED) is 0.661. The molecule has 0 unspecified atom stereocenters. The predicted molar refractivity (Wildman–Crippen MR) is 86.6 cm³/mol. The van der Waals surface area contributed by atoms with Crippen LogP contribution < -0.4 is 4.74 Å². The fraction of sp³-hybridized carbons (Fsp3) is 0.167. The Morgan fingerprint density at radius 2 is 2.05 bits per heavy atom. The Morgan fingerprint density at radius 3 is 2.77 bits per heavy atom. The molecule has 2 heterocycles. The number of H-pyrrole nitrogens is 1. The van der Waals surface area contributed by atoms with E-state index in [9.17, 15) is 0 Å². The van der Waals surface area contributed by atoms with E-state index in [1.54, 1.807) is 24.3 Å². The molecular weight excluding hydrogens is 365 g/mol. The zero-order chi connectivity index (χ0) is 15.4. The first kappa shape index (κ1) is 15.5. The van der Waals surface area contributed by atoms with Crippen LogP contribution in [0.2, 0.25) is 9.36 Å².